The van der Waals surface area contributed by atoms with Crippen LogP contribution in [0.2, 0.25) is 0 Å². The predicted octanol–water partition coefficient (Wildman–Crippen LogP) is 1.35. The van der Waals surface area contributed by atoms with Gasteiger partial charge < -0.3 is 25.3 Å². The van der Waals surface area contributed by atoms with Gasteiger partial charge >= 0.3 is 6.09 Å². The maximum Gasteiger partial charge on any atom is 0.407 e. The molecule has 1 aromatic heterocycles. The summed E-state index contributed by atoms with van der Waals surface area (Å²) in [7, 11) is 0. The van der Waals surface area contributed by atoms with Crippen molar-refractivity contribution in [3.8, 4) is 0 Å². The third-order valence-electron chi connectivity index (χ3n) is 2.84. The smallest absolute Gasteiger partial charge is 0.407 e. The number of hydrogen-bond acceptors (Lipinski definition) is 4. The van der Waals surface area contributed by atoms with Crippen LogP contribution in [0.4, 0.5) is 4.79 Å². The van der Waals surface area contributed by atoms with E-state index >= 15 is 0 Å². The number of nitrogens with zero attached hydrogens (tertiary/aromatic N) is 3. The number of nitrogens with one attached hydrogen (secondary N) is 3. The van der Waals surface area contributed by atoms with Crippen LogP contribution in [0.15, 0.2) is 23.7 Å². The molecular weight excluding hydrogens is 308 g/mol. The van der Waals surface area contributed by atoms with E-state index in [2.05, 4.69) is 25.9 Å². The Kier molecular flexibility index (Phi) is 8.67. The number of rotatable bonds is 8. The summed E-state index contributed by atoms with van der Waals surface area (Å²) in [5, 5.41) is 9.19. The number of imidazole rings is 1. The summed E-state index contributed by atoms with van der Waals surface area (Å²) in [4.78, 5) is 20.0. The highest BCUT2D eigenvalue weighted by atomic mass is 16.6. The van der Waals surface area contributed by atoms with Crippen LogP contribution < -0.4 is 16.0 Å². The molecule has 0 fully saturated rings. The molecule has 24 heavy (non-hydrogen) atoms. The lowest BCUT2D eigenvalue weighted by Crippen LogP contribution is -2.39. The van der Waals surface area contributed by atoms with Crippen molar-refractivity contribution in [1.82, 2.24) is 25.5 Å². The van der Waals surface area contributed by atoms with Crippen molar-refractivity contribution in [1.29, 1.82) is 0 Å². The molecule has 8 nitrogen and oxygen atoms in total. The quantitative estimate of drug-likeness (QED) is 0.378. The van der Waals surface area contributed by atoms with Crippen LogP contribution in [0.5, 0.6) is 0 Å². The first-order valence-corrected chi connectivity index (χ1v) is 8.35. The first kappa shape index (κ1) is 19.8. The van der Waals surface area contributed by atoms with E-state index in [0.717, 1.165) is 32.0 Å². The topological polar surface area (TPSA) is 92.6 Å². The molecule has 0 bridgehead atoms. The molecule has 0 aliphatic heterocycles. The lowest BCUT2D eigenvalue weighted by molar-refractivity contribution is 0.0527. The van der Waals surface area contributed by atoms with Crippen molar-refractivity contribution in [2.75, 3.05) is 26.2 Å². The Labute approximate surface area is 144 Å². The van der Waals surface area contributed by atoms with E-state index < -0.39 is 11.7 Å². The minimum Gasteiger partial charge on any atom is -0.444 e. The van der Waals surface area contributed by atoms with Crippen molar-refractivity contribution < 1.29 is 9.53 Å². The second kappa shape index (κ2) is 10.5. The van der Waals surface area contributed by atoms with Crippen molar-refractivity contribution in [3.05, 3.63) is 18.7 Å². The SMILES string of the molecule is CCNC(=NCCCNC(=O)OC(C)(C)C)NCCn1ccnc1. The van der Waals surface area contributed by atoms with Crippen molar-refractivity contribution in [2.24, 2.45) is 4.99 Å². The summed E-state index contributed by atoms with van der Waals surface area (Å²) in [5.41, 5.74) is -0.473. The van der Waals surface area contributed by atoms with Gasteiger partial charge in [0.05, 0.1) is 6.33 Å². The van der Waals surface area contributed by atoms with Crippen LogP contribution in [0, 0.1) is 0 Å². The summed E-state index contributed by atoms with van der Waals surface area (Å²) in [6, 6.07) is 0. The van der Waals surface area contributed by atoms with Gasteiger partial charge in [-0.05, 0) is 34.1 Å². The third kappa shape index (κ3) is 9.70. The average molecular weight is 338 g/mol. The van der Waals surface area contributed by atoms with Gasteiger partial charge in [0.25, 0.3) is 0 Å². The standard InChI is InChI=1S/C16H30N6O2/c1-5-18-14(20-10-12-22-11-9-17-13-22)19-7-6-8-21-15(23)24-16(2,3)4/h9,11,13H,5-8,10,12H2,1-4H3,(H,21,23)(H2,18,19,20). The first-order valence-electron chi connectivity index (χ1n) is 8.35. The Morgan fingerprint density at radius 2 is 2.04 bits per heavy atom. The fraction of sp³-hybridized carbons (Fsp3) is 0.688. The molecule has 0 saturated carbocycles. The van der Waals surface area contributed by atoms with Crippen molar-refractivity contribution in [2.45, 2.75) is 46.3 Å². The van der Waals surface area contributed by atoms with Gasteiger partial charge in [0.2, 0.25) is 0 Å². The normalized spacial score (nSPS) is 11.9. The van der Waals surface area contributed by atoms with E-state index in [1.807, 2.05) is 38.5 Å². The molecule has 0 atom stereocenters. The molecule has 0 aliphatic carbocycles. The molecule has 0 unspecified atom stereocenters. The Balaban J connectivity index is 2.21. The molecule has 1 rings (SSSR count). The molecule has 1 amide bonds. The fourth-order valence-corrected chi connectivity index (χ4v) is 1.84. The highest BCUT2D eigenvalue weighted by Crippen LogP contribution is 2.06. The molecular formula is C16H30N6O2. The Morgan fingerprint density at radius 1 is 1.25 bits per heavy atom. The number of guanidine groups is 1. The number of hydrogen-bond donors (Lipinski definition) is 3. The van der Waals surface area contributed by atoms with Crippen molar-refractivity contribution in [3.63, 3.8) is 0 Å². The number of amides is 1. The molecule has 0 spiro atoms. The van der Waals surface area contributed by atoms with Gasteiger partial charge in [0, 0.05) is 45.1 Å². The summed E-state index contributed by atoms with van der Waals surface area (Å²) >= 11 is 0. The summed E-state index contributed by atoms with van der Waals surface area (Å²) in [6.07, 6.45) is 5.83. The lowest BCUT2D eigenvalue weighted by Gasteiger charge is -2.19. The van der Waals surface area contributed by atoms with E-state index in [1.165, 1.54) is 0 Å². The van der Waals surface area contributed by atoms with Gasteiger partial charge in [-0.1, -0.05) is 0 Å². The lowest BCUT2D eigenvalue weighted by atomic mass is 10.2. The molecule has 1 aromatic rings. The number of aromatic nitrogens is 2. The average Bonchev–Trinajstić information content (AvgIpc) is 2.98. The van der Waals surface area contributed by atoms with Crippen molar-refractivity contribution >= 4 is 12.1 Å². The minimum atomic E-state index is -0.473. The largest absolute Gasteiger partial charge is 0.444 e. The van der Waals surface area contributed by atoms with Gasteiger partial charge in [0.15, 0.2) is 5.96 Å². The minimum absolute atomic E-state index is 0.392. The number of alkyl carbamates (subject to hydrolysis) is 1. The molecule has 3 N–H and O–H groups in total. The molecule has 136 valence electrons. The van der Waals surface area contributed by atoms with Crippen LogP contribution >= 0.6 is 0 Å². The molecule has 1 heterocycles. The molecule has 0 saturated heterocycles. The summed E-state index contributed by atoms with van der Waals surface area (Å²) in [6.45, 7) is 11.1. The number of aliphatic imine (C=N–C) groups is 1. The highest BCUT2D eigenvalue weighted by molar-refractivity contribution is 5.79. The number of ether oxygens (including phenoxy) is 1. The predicted molar refractivity (Wildman–Crippen MR) is 95.1 cm³/mol. The maximum absolute atomic E-state index is 11.5. The van der Waals surface area contributed by atoms with Crippen LogP contribution in [0.25, 0.3) is 0 Å². The van der Waals surface area contributed by atoms with Crippen LogP contribution in [0.3, 0.4) is 0 Å². The molecule has 8 heteroatoms. The first-order chi connectivity index (χ1) is 11.4. The monoisotopic (exact) mass is 338 g/mol. The van der Waals surface area contributed by atoms with E-state index in [4.69, 9.17) is 4.74 Å². The molecule has 0 radical (unpaired) electrons. The van der Waals surface area contributed by atoms with Gasteiger partial charge in [-0.2, -0.15) is 0 Å². The highest BCUT2D eigenvalue weighted by Gasteiger charge is 2.15. The molecule has 0 aromatic carbocycles. The summed E-state index contributed by atoms with van der Waals surface area (Å²) < 4.78 is 7.18. The maximum atomic E-state index is 11.5. The third-order valence-corrected chi connectivity index (χ3v) is 2.84. The number of carbonyl (C=O) groups excluding carboxylic acids is 1. The van der Waals surface area contributed by atoms with Gasteiger partial charge in [-0.15, -0.1) is 0 Å². The number of carbonyl (C=O) groups is 1. The second-order valence-electron chi connectivity index (χ2n) is 6.27. The Hall–Kier alpha value is -2.25. The van der Waals surface area contributed by atoms with E-state index in [9.17, 15) is 4.79 Å². The van der Waals surface area contributed by atoms with Crippen LogP contribution in [-0.4, -0.2) is 53.4 Å². The zero-order valence-electron chi connectivity index (χ0n) is 15.1. The van der Waals surface area contributed by atoms with E-state index in [1.54, 1.807) is 12.5 Å². The zero-order valence-corrected chi connectivity index (χ0v) is 15.1. The fourth-order valence-electron chi connectivity index (χ4n) is 1.84. The molecule has 0 aliphatic rings. The van der Waals surface area contributed by atoms with E-state index in [-0.39, 0.29) is 0 Å². The van der Waals surface area contributed by atoms with Crippen LogP contribution in [0.1, 0.15) is 34.1 Å². The summed E-state index contributed by atoms with van der Waals surface area (Å²) in [5.74, 6) is 0.773. The van der Waals surface area contributed by atoms with E-state index in [0.29, 0.717) is 13.1 Å². The second-order valence-corrected chi connectivity index (χ2v) is 6.27. The zero-order chi connectivity index (χ0) is 17.8. The van der Waals surface area contributed by atoms with Gasteiger partial charge in [-0.25, -0.2) is 9.78 Å². The Bertz CT molecular complexity index is 493. The Morgan fingerprint density at radius 3 is 2.67 bits per heavy atom. The van der Waals surface area contributed by atoms with Crippen LogP contribution in [-0.2, 0) is 11.3 Å². The van der Waals surface area contributed by atoms with Gasteiger partial charge in [0.1, 0.15) is 5.60 Å². The van der Waals surface area contributed by atoms with Gasteiger partial charge in [-0.3, -0.25) is 4.99 Å².